The van der Waals surface area contributed by atoms with Gasteiger partial charge in [0.05, 0.1) is 23.8 Å². The summed E-state index contributed by atoms with van der Waals surface area (Å²) in [5.41, 5.74) is 1.45. The molecule has 0 saturated carbocycles. The van der Waals surface area contributed by atoms with Gasteiger partial charge in [-0.2, -0.15) is 5.26 Å². The van der Waals surface area contributed by atoms with E-state index in [0.717, 1.165) is 5.56 Å². The lowest BCUT2D eigenvalue weighted by Crippen LogP contribution is -1.90. The first-order valence-corrected chi connectivity index (χ1v) is 5.05. The number of halogens is 2. The van der Waals surface area contributed by atoms with Crippen molar-refractivity contribution in [3.8, 4) is 11.8 Å². The van der Waals surface area contributed by atoms with Crippen LogP contribution in [0.4, 0.5) is 0 Å². The van der Waals surface area contributed by atoms with E-state index in [1.165, 1.54) is 0 Å². The molecule has 13 heavy (non-hydrogen) atoms. The van der Waals surface area contributed by atoms with Gasteiger partial charge in [-0.1, -0.05) is 27.5 Å². The third-order valence-electron chi connectivity index (χ3n) is 1.64. The highest BCUT2D eigenvalue weighted by Crippen LogP contribution is 2.28. The Morgan fingerprint density at radius 3 is 2.77 bits per heavy atom. The van der Waals surface area contributed by atoms with E-state index >= 15 is 0 Å². The molecule has 0 aliphatic heterocycles. The van der Waals surface area contributed by atoms with E-state index in [2.05, 4.69) is 22.0 Å². The van der Waals surface area contributed by atoms with E-state index in [0.29, 0.717) is 21.7 Å². The first-order valence-electron chi connectivity index (χ1n) is 3.55. The van der Waals surface area contributed by atoms with Crippen molar-refractivity contribution in [1.82, 2.24) is 0 Å². The van der Waals surface area contributed by atoms with E-state index in [-0.39, 0.29) is 0 Å². The molecule has 0 unspecified atom stereocenters. The number of hydrogen-bond acceptors (Lipinski definition) is 2. The summed E-state index contributed by atoms with van der Waals surface area (Å²) in [7, 11) is 1.55. The Hall–Kier alpha value is -0.720. The van der Waals surface area contributed by atoms with Gasteiger partial charge in [0.2, 0.25) is 0 Å². The molecule has 0 bridgehead atoms. The Morgan fingerprint density at radius 2 is 2.31 bits per heavy atom. The topological polar surface area (TPSA) is 33.0 Å². The van der Waals surface area contributed by atoms with Crippen molar-refractivity contribution in [2.24, 2.45) is 0 Å². The molecule has 0 aliphatic carbocycles. The average molecular weight is 261 g/mol. The van der Waals surface area contributed by atoms with Crippen LogP contribution in [0.1, 0.15) is 11.1 Å². The fourth-order valence-corrected chi connectivity index (χ4v) is 1.67. The first kappa shape index (κ1) is 10.4. The minimum atomic E-state index is 0.462. The van der Waals surface area contributed by atoms with Crippen molar-refractivity contribution < 1.29 is 4.74 Å². The van der Waals surface area contributed by atoms with Crippen LogP contribution >= 0.6 is 27.5 Å². The second-order valence-corrected chi connectivity index (χ2v) is 3.36. The lowest BCUT2D eigenvalue weighted by Gasteiger charge is -2.06. The minimum absolute atomic E-state index is 0.462. The third kappa shape index (κ3) is 2.15. The van der Waals surface area contributed by atoms with E-state index in [1.807, 2.05) is 0 Å². The molecule has 0 heterocycles. The van der Waals surface area contributed by atoms with Gasteiger partial charge in [0, 0.05) is 5.33 Å². The number of nitrogens with zero attached hydrogens (tertiary/aromatic N) is 1. The molecule has 0 radical (unpaired) electrons. The zero-order valence-electron chi connectivity index (χ0n) is 6.97. The first-order chi connectivity index (χ1) is 6.22. The lowest BCUT2D eigenvalue weighted by molar-refractivity contribution is 0.414. The maximum atomic E-state index is 8.77. The molecule has 1 aromatic carbocycles. The Morgan fingerprint density at radius 1 is 1.62 bits per heavy atom. The largest absolute Gasteiger partial charge is 0.495 e. The summed E-state index contributed by atoms with van der Waals surface area (Å²) in [4.78, 5) is 0. The van der Waals surface area contributed by atoms with Crippen LogP contribution in [0.5, 0.6) is 5.75 Å². The van der Waals surface area contributed by atoms with E-state index in [4.69, 9.17) is 21.6 Å². The van der Waals surface area contributed by atoms with Gasteiger partial charge in [-0.15, -0.1) is 0 Å². The van der Waals surface area contributed by atoms with Gasteiger partial charge < -0.3 is 4.74 Å². The predicted molar refractivity (Wildman–Crippen MR) is 55.4 cm³/mol. The van der Waals surface area contributed by atoms with E-state index in [9.17, 15) is 0 Å². The number of rotatable bonds is 2. The molecule has 2 nitrogen and oxygen atoms in total. The van der Waals surface area contributed by atoms with Gasteiger partial charge in [-0.25, -0.2) is 0 Å². The van der Waals surface area contributed by atoms with Crippen LogP contribution in [0.15, 0.2) is 12.1 Å². The maximum absolute atomic E-state index is 8.77. The molecule has 4 heteroatoms. The zero-order chi connectivity index (χ0) is 9.84. The van der Waals surface area contributed by atoms with E-state index in [1.54, 1.807) is 19.2 Å². The van der Waals surface area contributed by atoms with Gasteiger partial charge in [-0.3, -0.25) is 0 Å². The summed E-state index contributed by atoms with van der Waals surface area (Å²) in [6.07, 6.45) is 0. The molecule has 0 aromatic heterocycles. The molecule has 0 atom stereocenters. The Kier molecular flexibility index (Phi) is 3.58. The summed E-state index contributed by atoms with van der Waals surface area (Å²) < 4.78 is 5.02. The summed E-state index contributed by atoms with van der Waals surface area (Å²) >= 11 is 9.13. The van der Waals surface area contributed by atoms with E-state index < -0.39 is 0 Å². The van der Waals surface area contributed by atoms with Crippen molar-refractivity contribution in [3.05, 3.63) is 28.3 Å². The highest BCUT2D eigenvalue weighted by molar-refractivity contribution is 9.08. The number of hydrogen-bond donors (Lipinski definition) is 0. The van der Waals surface area contributed by atoms with Gasteiger partial charge in [0.15, 0.2) is 0 Å². The fraction of sp³-hybridized carbons (Fsp3) is 0.222. The fourth-order valence-electron chi connectivity index (χ4n) is 0.967. The lowest BCUT2D eigenvalue weighted by atomic mass is 10.1. The molecule has 0 amide bonds. The number of methoxy groups -OCH3 is 1. The molecule has 1 aromatic rings. The van der Waals surface area contributed by atoms with Crippen LogP contribution < -0.4 is 4.74 Å². The van der Waals surface area contributed by atoms with Gasteiger partial charge in [-0.05, 0) is 17.7 Å². The molecular weight excluding hydrogens is 253 g/mol. The smallest absolute Gasteiger partial charge is 0.137 e. The van der Waals surface area contributed by atoms with Crippen LogP contribution in [-0.4, -0.2) is 7.11 Å². The molecule has 0 aliphatic rings. The number of ether oxygens (including phenoxy) is 1. The third-order valence-corrected chi connectivity index (χ3v) is 2.54. The summed E-state index contributed by atoms with van der Waals surface area (Å²) in [6, 6.07) is 5.44. The van der Waals surface area contributed by atoms with Crippen LogP contribution in [0, 0.1) is 11.3 Å². The van der Waals surface area contributed by atoms with Crippen molar-refractivity contribution in [2.45, 2.75) is 5.33 Å². The quantitative estimate of drug-likeness (QED) is 0.766. The van der Waals surface area contributed by atoms with Crippen molar-refractivity contribution in [3.63, 3.8) is 0 Å². The van der Waals surface area contributed by atoms with Crippen LogP contribution in [0.3, 0.4) is 0 Å². The second kappa shape index (κ2) is 4.50. The van der Waals surface area contributed by atoms with Crippen LogP contribution in [0.2, 0.25) is 5.02 Å². The molecule has 1 rings (SSSR count). The van der Waals surface area contributed by atoms with Crippen LogP contribution in [0.25, 0.3) is 0 Å². The average Bonchev–Trinajstić information content (AvgIpc) is 2.17. The normalized spacial score (nSPS) is 9.38. The monoisotopic (exact) mass is 259 g/mol. The predicted octanol–water partition coefficient (Wildman–Crippen LogP) is 3.12. The molecule has 0 spiro atoms. The highest BCUT2D eigenvalue weighted by atomic mass is 79.9. The molecule has 0 saturated heterocycles. The number of benzene rings is 1. The van der Waals surface area contributed by atoms with Gasteiger partial charge in [0.1, 0.15) is 5.75 Å². The molecular formula is C9H7BrClNO. The Balaban J connectivity index is 3.28. The maximum Gasteiger partial charge on any atom is 0.137 e. The minimum Gasteiger partial charge on any atom is -0.495 e. The standard InChI is InChI=1S/C9H7BrClNO/c1-13-9-3-6(4-10)7(5-12)2-8(9)11/h2-3H,4H2,1H3. The number of nitriles is 1. The summed E-state index contributed by atoms with van der Waals surface area (Å²) in [5, 5.41) is 9.84. The molecule has 68 valence electrons. The Bertz CT molecular complexity index is 359. The van der Waals surface area contributed by atoms with Crippen molar-refractivity contribution >= 4 is 27.5 Å². The van der Waals surface area contributed by atoms with Gasteiger partial charge in [0.25, 0.3) is 0 Å². The van der Waals surface area contributed by atoms with Crippen molar-refractivity contribution in [1.29, 1.82) is 5.26 Å². The number of alkyl halides is 1. The van der Waals surface area contributed by atoms with Crippen molar-refractivity contribution in [2.75, 3.05) is 7.11 Å². The summed E-state index contributed by atoms with van der Waals surface area (Å²) in [5.74, 6) is 0.593. The highest BCUT2D eigenvalue weighted by Gasteiger charge is 2.07. The summed E-state index contributed by atoms with van der Waals surface area (Å²) in [6.45, 7) is 0. The van der Waals surface area contributed by atoms with Crippen LogP contribution in [-0.2, 0) is 5.33 Å². The zero-order valence-corrected chi connectivity index (χ0v) is 9.32. The molecule has 0 N–H and O–H groups in total. The second-order valence-electron chi connectivity index (χ2n) is 2.39. The molecule has 0 fully saturated rings. The Labute approximate surface area is 90.2 Å². The SMILES string of the molecule is COc1cc(CBr)c(C#N)cc1Cl. The van der Waals surface area contributed by atoms with Gasteiger partial charge >= 0.3 is 0 Å².